The highest BCUT2D eigenvalue weighted by atomic mass is 19.4. The number of alkyl halides is 3. The summed E-state index contributed by atoms with van der Waals surface area (Å²) in [4.78, 5) is 13.6. The van der Waals surface area contributed by atoms with Gasteiger partial charge < -0.3 is 19.7 Å². The summed E-state index contributed by atoms with van der Waals surface area (Å²) < 4.78 is 50.3. The Labute approximate surface area is 160 Å². The van der Waals surface area contributed by atoms with Crippen LogP contribution in [0.25, 0.3) is 0 Å². The predicted octanol–water partition coefficient (Wildman–Crippen LogP) is 4.19. The Morgan fingerprint density at radius 3 is 2.68 bits per heavy atom. The molecule has 0 spiro atoms. The van der Waals surface area contributed by atoms with Crippen LogP contribution in [0.3, 0.4) is 0 Å². The number of piperidine rings is 1. The number of rotatable bonds is 2. The average Bonchev–Trinajstić information content (AvgIpc) is 2.82. The molecule has 28 heavy (non-hydrogen) atoms. The third-order valence-corrected chi connectivity index (χ3v) is 5.13. The number of carbonyl (C=O) groups excluding carboxylic acids is 1. The van der Waals surface area contributed by atoms with Crippen molar-refractivity contribution in [2.24, 2.45) is 0 Å². The van der Waals surface area contributed by atoms with Crippen LogP contribution >= 0.6 is 0 Å². The molecule has 8 heteroatoms. The third kappa shape index (κ3) is 3.12. The lowest BCUT2D eigenvalue weighted by molar-refractivity contribution is -0.174. The lowest BCUT2D eigenvalue weighted by atomic mass is 9.89. The first kappa shape index (κ1) is 18.5. The van der Waals surface area contributed by atoms with E-state index in [1.54, 1.807) is 30.3 Å². The summed E-state index contributed by atoms with van der Waals surface area (Å²) >= 11 is 0. The average molecular weight is 392 g/mol. The number of amides is 1. The van der Waals surface area contributed by atoms with Crippen molar-refractivity contribution in [3.05, 3.63) is 48.0 Å². The number of anilines is 1. The van der Waals surface area contributed by atoms with Gasteiger partial charge in [0.05, 0.1) is 19.2 Å². The number of nitrogens with zero attached hydrogens (tertiary/aromatic N) is 1. The molecule has 1 N–H and O–H groups in total. The summed E-state index contributed by atoms with van der Waals surface area (Å²) in [6, 6.07) is 11.4. The summed E-state index contributed by atoms with van der Waals surface area (Å²) in [5.74, 6) is -0.241. The smallest absolute Gasteiger partial charge is 0.471 e. The summed E-state index contributed by atoms with van der Waals surface area (Å²) in [6.45, 7) is 0.605. The van der Waals surface area contributed by atoms with Crippen LogP contribution in [0.5, 0.6) is 17.2 Å². The molecule has 0 bridgehead atoms. The van der Waals surface area contributed by atoms with Crippen LogP contribution in [0.4, 0.5) is 18.9 Å². The lowest BCUT2D eigenvalue weighted by Gasteiger charge is -2.42. The second kappa shape index (κ2) is 6.92. The monoisotopic (exact) mass is 392 g/mol. The van der Waals surface area contributed by atoms with E-state index >= 15 is 0 Å². The standard InChI is InChI=1S/C20H19F3N2O3/c1-27-15-9-4-10-16-18(15)25-11-5-7-13(24-19(26)20(21,22)23)17(25)12-6-2-3-8-14(12)28-16/h2-4,6,8-10,13,17H,5,7,11H2,1H3,(H,24,26). The fourth-order valence-electron chi connectivity index (χ4n) is 4.00. The molecule has 0 saturated carbocycles. The van der Waals surface area contributed by atoms with Crippen LogP contribution in [0.15, 0.2) is 42.5 Å². The van der Waals surface area contributed by atoms with Crippen LogP contribution in [-0.4, -0.2) is 31.8 Å². The molecule has 0 aromatic heterocycles. The molecule has 2 aromatic carbocycles. The number of carbonyl (C=O) groups is 1. The summed E-state index contributed by atoms with van der Waals surface area (Å²) in [5, 5.41) is 2.19. The van der Waals surface area contributed by atoms with Crippen LogP contribution in [0, 0.1) is 0 Å². The summed E-state index contributed by atoms with van der Waals surface area (Å²) in [5.41, 5.74) is 1.41. The highest BCUT2D eigenvalue weighted by Gasteiger charge is 2.44. The maximum Gasteiger partial charge on any atom is 0.471 e. The largest absolute Gasteiger partial charge is 0.494 e. The Kier molecular flexibility index (Phi) is 4.56. The first-order chi connectivity index (χ1) is 13.4. The number of nitrogens with one attached hydrogen (secondary N) is 1. The van der Waals surface area contributed by atoms with Gasteiger partial charge in [-0.25, -0.2) is 0 Å². The van der Waals surface area contributed by atoms with E-state index in [1.807, 2.05) is 17.0 Å². The van der Waals surface area contributed by atoms with Crippen LogP contribution in [-0.2, 0) is 4.79 Å². The molecule has 1 fully saturated rings. The number of halogens is 3. The van der Waals surface area contributed by atoms with Crippen molar-refractivity contribution in [1.29, 1.82) is 0 Å². The van der Waals surface area contributed by atoms with Crippen molar-refractivity contribution in [1.82, 2.24) is 5.32 Å². The van der Waals surface area contributed by atoms with Gasteiger partial charge in [0.2, 0.25) is 0 Å². The Morgan fingerprint density at radius 1 is 1.18 bits per heavy atom. The van der Waals surface area contributed by atoms with Crippen molar-refractivity contribution in [2.45, 2.75) is 31.1 Å². The van der Waals surface area contributed by atoms with Gasteiger partial charge in [-0.1, -0.05) is 24.3 Å². The minimum atomic E-state index is -4.93. The normalized spacial score (nSPS) is 20.8. The van der Waals surface area contributed by atoms with E-state index in [2.05, 4.69) is 5.32 Å². The molecule has 1 amide bonds. The fourth-order valence-corrected chi connectivity index (χ4v) is 4.00. The number of benzene rings is 2. The van der Waals surface area contributed by atoms with Gasteiger partial charge in [-0.15, -0.1) is 0 Å². The number of para-hydroxylation sites is 2. The molecule has 4 rings (SSSR count). The second-order valence-corrected chi connectivity index (χ2v) is 6.81. The number of hydrogen-bond donors (Lipinski definition) is 1. The zero-order chi connectivity index (χ0) is 19.9. The molecule has 2 aliphatic rings. The Hall–Kier alpha value is -2.90. The van der Waals surface area contributed by atoms with Gasteiger partial charge in [-0.2, -0.15) is 13.2 Å². The molecular weight excluding hydrogens is 373 g/mol. The van der Waals surface area contributed by atoms with Crippen molar-refractivity contribution >= 4 is 11.6 Å². The lowest BCUT2D eigenvalue weighted by Crippen LogP contribution is -2.52. The molecule has 5 nitrogen and oxygen atoms in total. The Bertz CT molecular complexity index is 901. The van der Waals surface area contributed by atoms with Crippen molar-refractivity contribution < 1.29 is 27.4 Å². The SMILES string of the molecule is COc1cccc2c1N1CCCC(NC(=O)C(F)(F)F)C1c1ccccc1O2. The first-order valence-electron chi connectivity index (χ1n) is 8.98. The molecule has 1 saturated heterocycles. The van der Waals surface area contributed by atoms with E-state index in [-0.39, 0.29) is 0 Å². The topological polar surface area (TPSA) is 50.8 Å². The Balaban J connectivity index is 1.84. The van der Waals surface area contributed by atoms with Gasteiger partial charge in [-0.05, 0) is 31.0 Å². The van der Waals surface area contributed by atoms with E-state index in [9.17, 15) is 18.0 Å². The van der Waals surface area contributed by atoms with Crippen LogP contribution in [0.1, 0.15) is 24.4 Å². The minimum Gasteiger partial charge on any atom is -0.494 e. The molecule has 2 heterocycles. The molecule has 0 radical (unpaired) electrons. The molecule has 148 valence electrons. The molecule has 0 aliphatic carbocycles. The number of hydrogen-bond acceptors (Lipinski definition) is 4. The van der Waals surface area contributed by atoms with Gasteiger partial charge in [0.15, 0.2) is 5.75 Å². The number of ether oxygens (including phenoxy) is 2. The second-order valence-electron chi connectivity index (χ2n) is 6.81. The van der Waals surface area contributed by atoms with Crippen molar-refractivity contribution in [3.8, 4) is 17.2 Å². The number of fused-ring (bicyclic) bond motifs is 5. The van der Waals surface area contributed by atoms with Gasteiger partial charge in [0.25, 0.3) is 0 Å². The van der Waals surface area contributed by atoms with E-state index in [4.69, 9.17) is 9.47 Å². The summed E-state index contributed by atoms with van der Waals surface area (Å²) in [7, 11) is 1.54. The molecule has 2 aromatic rings. The van der Waals surface area contributed by atoms with Crippen LogP contribution < -0.4 is 19.7 Å². The third-order valence-electron chi connectivity index (χ3n) is 5.13. The zero-order valence-electron chi connectivity index (χ0n) is 15.1. The molecule has 2 atom stereocenters. The quantitative estimate of drug-likeness (QED) is 0.833. The molecule has 2 unspecified atom stereocenters. The van der Waals surface area contributed by atoms with E-state index < -0.39 is 24.2 Å². The Morgan fingerprint density at radius 2 is 1.93 bits per heavy atom. The van der Waals surface area contributed by atoms with E-state index in [1.165, 1.54) is 7.11 Å². The van der Waals surface area contributed by atoms with E-state index in [0.29, 0.717) is 42.3 Å². The van der Waals surface area contributed by atoms with Gasteiger partial charge >= 0.3 is 12.1 Å². The van der Waals surface area contributed by atoms with Crippen molar-refractivity contribution in [3.63, 3.8) is 0 Å². The van der Waals surface area contributed by atoms with Gasteiger partial charge in [-0.3, -0.25) is 4.79 Å². The zero-order valence-corrected chi connectivity index (χ0v) is 15.1. The fraction of sp³-hybridized carbons (Fsp3) is 0.350. The first-order valence-corrected chi connectivity index (χ1v) is 8.98. The van der Waals surface area contributed by atoms with Crippen molar-refractivity contribution in [2.75, 3.05) is 18.6 Å². The predicted molar refractivity (Wildman–Crippen MR) is 96.8 cm³/mol. The molecule has 2 aliphatic heterocycles. The maximum absolute atomic E-state index is 12.9. The van der Waals surface area contributed by atoms with E-state index in [0.717, 1.165) is 5.56 Å². The van der Waals surface area contributed by atoms with Gasteiger partial charge in [0, 0.05) is 12.1 Å². The minimum absolute atomic E-state index is 0.432. The number of methoxy groups -OCH3 is 1. The summed E-state index contributed by atoms with van der Waals surface area (Å²) in [6.07, 6.45) is -3.88. The highest BCUT2D eigenvalue weighted by Crippen LogP contribution is 2.51. The highest BCUT2D eigenvalue weighted by molar-refractivity contribution is 5.82. The van der Waals surface area contributed by atoms with Gasteiger partial charge in [0.1, 0.15) is 17.2 Å². The maximum atomic E-state index is 12.9. The van der Waals surface area contributed by atoms with Crippen LogP contribution in [0.2, 0.25) is 0 Å². The molecular formula is C20H19F3N2O3.